The molecule has 32 heavy (non-hydrogen) atoms. The molecule has 1 aromatic rings. The molecule has 168 valence electrons. The predicted molar refractivity (Wildman–Crippen MR) is 106 cm³/mol. The molecule has 0 spiro atoms. The molecule has 0 unspecified atom stereocenters. The zero-order valence-electron chi connectivity index (χ0n) is 17.6. The van der Waals surface area contributed by atoms with Gasteiger partial charge in [-0.05, 0) is 37.3 Å². The average molecular weight is 443 g/mol. The van der Waals surface area contributed by atoms with Crippen molar-refractivity contribution in [2.45, 2.75) is 38.8 Å². The number of carbonyl (C=O) groups is 5. The molecule has 3 aliphatic rings. The molecule has 2 fully saturated rings. The van der Waals surface area contributed by atoms with E-state index in [1.54, 1.807) is 13.0 Å². The molecule has 2 bridgehead atoms. The summed E-state index contributed by atoms with van der Waals surface area (Å²) >= 11 is 0. The van der Waals surface area contributed by atoms with Crippen LogP contribution in [0.5, 0.6) is 0 Å². The number of nitrogens with zero attached hydrogens (tertiary/aromatic N) is 1. The number of fused-ring (bicyclic) bond motifs is 5. The fourth-order valence-electron chi connectivity index (χ4n) is 4.43. The molecule has 4 atom stereocenters. The topological polar surface area (TPSA) is 126 Å². The van der Waals surface area contributed by atoms with Gasteiger partial charge in [-0.1, -0.05) is 6.08 Å². The van der Waals surface area contributed by atoms with Crippen LogP contribution in [0, 0.1) is 11.8 Å². The van der Waals surface area contributed by atoms with E-state index in [0.29, 0.717) is 0 Å². The number of anilines is 1. The van der Waals surface area contributed by atoms with Crippen LogP contribution in [-0.4, -0.2) is 54.3 Å². The SMILES string of the molecule is CCOC(=O)c1ccc(N2C(=O)[C@@H]3[C@@H](C2=O)[C@@]2(C(OC(C)=O)OC(C)=O)C=C[C@H]3O2)cc1. The van der Waals surface area contributed by atoms with E-state index in [1.807, 2.05) is 0 Å². The van der Waals surface area contributed by atoms with E-state index in [4.69, 9.17) is 18.9 Å². The van der Waals surface area contributed by atoms with E-state index < -0.39 is 59.6 Å². The van der Waals surface area contributed by atoms with Gasteiger partial charge in [0, 0.05) is 13.8 Å². The lowest BCUT2D eigenvalue weighted by Crippen LogP contribution is -2.52. The largest absolute Gasteiger partial charge is 0.462 e. The van der Waals surface area contributed by atoms with Gasteiger partial charge >= 0.3 is 17.9 Å². The van der Waals surface area contributed by atoms with Crippen molar-refractivity contribution in [3.63, 3.8) is 0 Å². The first-order valence-corrected chi connectivity index (χ1v) is 10.1. The molecule has 4 rings (SSSR count). The molecule has 1 aromatic carbocycles. The summed E-state index contributed by atoms with van der Waals surface area (Å²) in [6, 6.07) is 5.87. The first-order valence-electron chi connectivity index (χ1n) is 10.1. The zero-order chi connectivity index (χ0) is 23.2. The summed E-state index contributed by atoms with van der Waals surface area (Å²) in [5, 5.41) is 0. The van der Waals surface area contributed by atoms with E-state index >= 15 is 0 Å². The Balaban J connectivity index is 1.66. The number of benzene rings is 1. The molecule has 0 aliphatic carbocycles. The van der Waals surface area contributed by atoms with Gasteiger partial charge < -0.3 is 18.9 Å². The fourth-order valence-corrected chi connectivity index (χ4v) is 4.43. The summed E-state index contributed by atoms with van der Waals surface area (Å²) in [6.45, 7) is 4.17. The van der Waals surface area contributed by atoms with Crippen LogP contribution in [0.25, 0.3) is 0 Å². The van der Waals surface area contributed by atoms with Gasteiger partial charge in [-0.15, -0.1) is 0 Å². The van der Waals surface area contributed by atoms with Crippen LogP contribution in [-0.2, 0) is 38.1 Å². The lowest BCUT2D eigenvalue weighted by molar-refractivity contribution is -0.226. The summed E-state index contributed by atoms with van der Waals surface area (Å²) in [5.74, 6) is -5.00. The summed E-state index contributed by atoms with van der Waals surface area (Å²) in [4.78, 5) is 62.8. The molecule has 2 amide bonds. The normalized spacial score (nSPS) is 27.6. The Labute approximate surface area is 183 Å². The summed E-state index contributed by atoms with van der Waals surface area (Å²) in [7, 11) is 0. The van der Waals surface area contributed by atoms with Crippen molar-refractivity contribution in [3.05, 3.63) is 42.0 Å². The van der Waals surface area contributed by atoms with E-state index in [2.05, 4.69) is 0 Å². The van der Waals surface area contributed by atoms with Crippen molar-refractivity contribution in [2.75, 3.05) is 11.5 Å². The van der Waals surface area contributed by atoms with Crippen LogP contribution >= 0.6 is 0 Å². The van der Waals surface area contributed by atoms with E-state index in [1.165, 1.54) is 30.3 Å². The predicted octanol–water partition coefficient (Wildman–Crippen LogP) is 1.13. The highest BCUT2D eigenvalue weighted by atomic mass is 16.7. The van der Waals surface area contributed by atoms with Crippen molar-refractivity contribution in [1.29, 1.82) is 0 Å². The van der Waals surface area contributed by atoms with Gasteiger partial charge in [0.1, 0.15) is 0 Å². The summed E-state index contributed by atoms with van der Waals surface area (Å²) in [5.41, 5.74) is -1.06. The number of hydrogen-bond donors (Lipinski definition) is 0. The monoisotopic (exact) mass is 443 g/mol. The van der Waals surface area contributed by atoms with Crippen LogP contribution in [0.2, 0.25) is 0 Å². The molecule has 3 aliphatic heterocycles. The lowest BCUT2D eigenvalue weighted by Gasteiger charge is -2.34. The smallest absolute Gasteiger partial charge is 0.338 e. The van der Waals surface area contributed by atoms with Crippen LogP contribution in [0.1, 0.15) is 31.1 Å². The quantitative estimate of drug-likeness (QED) is 0.275. The molecule has 3 heterocycles. The Morgan fingerprint density at radius 3 is 2.25 bits per heavy atom. The highest BCUT2D eigenvalue weighted by Gasteiger charge is 2.72. The third kappa shape index (κ3) is 3.27. The number of rotatable bonds is 6. The van der Waals surface area contributed by atoms with Crippen molar-refractivity contribution >= 4 is 35.4 Å². The minimum Gasteiger partial charge on any atom is -0.462 e. The Morgan fingerprint density at radius 2 is 1.69 bits per heavy atom. The maximum atomic E-state index is 13.4. The van der Waals surface area contributed by atoms with E-state index in [0.717, 1.165) is 18.7 Å². The third-order valence-electron chi connectivity index (χ3n) is 5.63. The Kier molecular flexibility index (Phi) is 5.33. The highest BCUT2D eigenvalue weighted by molar-refractivity contribution is 6.23. The van der Waals surface area contributed by atoms with E-state index in [9.17, 15) is 24.0 Å². The van der Waals surface area contributed by atoms with Gasteiger partial charge in [-0.3, -0.25) is 19.2 Å². The molecule has 0 saturated carbocycles. The molecule has 2 saturated heterocycles. The molecular weight excluding hydrogens is 422 g/mol. The Hall–Kier alpha value is -3.53. The molecule has 10 heteroatoms. The van der Waals surface area contributed by atoms with Crippen molar-refractivity contribution in [1.82, 2.24) is 0 Å². The molecule has 10 nitrogen and oxygen atoms in total. The number of ether oxygens (including phenoxy) is 4. The fraction of sp³-hybridized carbons (Fsp3) is 0.409. The minimum atomic E-state index is -1.61. The van der Waals surface area contributed by atoms with Crippen LogP contribution in [0.3, 0.4) is 0 Å². The van der Waals surface area contributed by atoms with Crippen molar-refractivity contribution < 1.29 is 42.9 Å². The third-order valence-corrected chi connectivity index (χ3v) is 5.63. The second-order valence-electron chi connectivity index (χ2n) is 7.63. The first-order chi connectivity index (χ1) is 15.2. The maximum absolute atomic E-state index is 13.4. The first kappa shape index (κ1) is 21.7. The summed E-state index contributed by atoms with van der Waals surface area (Å²) in [6.07, 6.45) is 0.832. The molecule has 0 radical (unpaired) electrons. The van der Waals surface area contributed by atoms with Crippen LogP contribution in [0.15, 0.2) is 36.4 Å². The zero-order valence-corrected chi connectivity index (χ0v) is 17.6. The number of imide groups is 1. The van der Waals surface area contributed by atoms with Crippen LogP contribution < -0.4 is 4.90 Å². The van der Waals surface area contributed by atoms with Gasteiger partial charge in [-0.2, -0.15) is 0 Å². The second kappa shape index (κ2) is 7.86. The molecule has 0 N–H and O–H groups in total. The van der Waals surface area contributed by atoms with E-state index in [-0.39, 0.29) is 17.9 Å². The van der Waals surface area contributed by atoms with Gasteiger partial charge in [-0.25, -0.2) is 9.69 Å². The van der Waals surface area contributed by atoms with Crippen LogP contribution in [0.4, 0.5) is 5.69 Å². The molecule has 0 aromatic heterocycles. The van der Waals surface area contributed by atoms with Gasteiger partial charge in [0.15, 0.2) is 5.60 Å². The maximum Gasteiger partial charge on any atom is 0.338 e. The van der Waals surface area contributed by atoms with Crippen molar-refractivity contribution in [2.24, 2.45) is 11.8 Å². The average Bonchev–Trinajstić information content (AvgIpc) is 3.38. The Bertz CT molecular complexity index is 1010. The number of amides is 2. The number of carbonyl (C=O) groups excluding carboxylic acids is 5. The number of hydrogen-bond acceptors (Lipinski definition) is 9. The summed E-state index contributed by atoms with van der Waals surface area (Å²) < 4.78 is 21.2. The lowest BCUT2D eigenvalue weighted by atomic mass is 9.76. The van der Waals surface area contributed by atoms with Crippen molar-refractivity contribution in [3.8, 4) is 0 Å². The van der Waals surface area contributed by atoms with Gasteiger partial charge in [0.25, 0.3) is 6.29 Å². The second-order valence-corrected chi connectivity index (χ2v) is 7.63. The number of esters is 3. The minimum absolute atomic E-state index is 0.218. The highest BCUT2D eigenvalue weighted by Crippen LogP contribution is 2.54. The van der Waals surface area contributed by atoms with Gasteiger partial charge in [0.2, 0.25) is 11.8 Å². The Morgan fingerprint density at radius 1 is 1.06 bits per heavy atom. The molecular formula is C22H21NO9. The van der Waals surface area contributed by atoms with Gasteiger partial charge in [0.05, 0.1) is 35.8 Å². The standard InChI is InChI=1S/C22H21NO9/c1-4-29-20(28)13-5-7-14(8-6-13)23-18(26)16-15-9-10-22(32-15,17(16)19(23)27)21(30-11(2)24)31-12(3)25/h5-10,15-17,21H,4H2,1-3H3/t15-,16+,17+,22-/m1/s1.